The van der Waals surface area contributed by atoms with E-state index in [1.807, 2.05) is 0 Å². The van der Waals surface area contributed by atoms with Crippen LogP contribution in [0.4, 0.5) is 4.39 Å². The monoisotopic (exact) mass is 264 g/mol. The second-order valence-electron chi connectivity index (χ2n) is 5.53. The fraction of sp³-hybridized carbons (Fsp3) is 0.600. The Morgan fingerprint density at radius 1 is 1.42 bits per heavy atom. The van der Waals surface area contributed by atoms with Gasteiger partial charge in [0, 0.05) is 18.0 Å². The van der Waals surface area contributed by atoms with Gasteiger partial charge >= 0.3 is 0 Å². The Morgan fingerprint density at radius 2 is 2.21 bits per heavy atom. The molecule has 0 bridgehead atoms. The van der Waals surface area contributed by atoms with Gasteiger partial charge in [-0.15, -0.1) is 0 Å². The van der Waals surface area contributed by atoms with E-state index >= 15 is 0 Å². The molecule has 1 saturated heterocycles. The maximum absolute atomic E-state index is 13.4. The Balaban J connectivity index is 1.94. The first kappa shape index (κ1) is 12.9. The normalized spacial score (nSPS) is 24.8. The summed E-state index contributed by atoms with van der Waals surface area (Å²) in [7, 11) is 0. The van der Waals surface area contributed by atoms with Gasteiger partial charge in [-0.2, -0.15) is 0 Å². The Hall–Kier alpha value is -1.13. The van der Waals surface area contributed by atoms with Crippen molar-refractivity contribution in [1.82, 2.24) is 10.6 Å². The summed E-state index contributed by atoms with van der Waals surface area (Å²) in [5.74, 6) is 0.659. The number of nitrogens with one attached hydrogen (secondary N) is 2. The predicted octanol–water partition coefficient (Wildman–Crippen LogP) is 2.38. The van der Waals surface area contributed by atoms with Crippen LogP contribution in [-0.2, 0) is 0 Å². The van der Waals surface area contributed by atoms with Gasteiger partial charge in [0.15, 0.2) is 0 Å². The smallest absolute Gasteiger partial charge is 0.125 e. The molecular weight excluding hydrogens is 243 g/mol. The number of hydrogen-bond acceptors (Lipinski definition) is 3. The van der Waals surface area contributed by atoms with Crippen molar-refractivity contribution in [3.05, 3.63) is 29.6 Å². The number of piperidine rings is 1. The summed E-state index contributed by atoms with van der Waals surface area (Å²) < 4.78 is 19.7. The summed E-state index contributed by atoms with van der Waals surface area (Å²) in [6.07, 6.45) is 2.97. The van der Waals surface area contributed by atoms with Gasteiger partial charge in [-0.25, -0.2) is 4.39 Å². The lowest BCUT2D eigenvalue weighted by Crippen LogP contribution is -2.50. The molecule has 0 amide bonds. The number of fused-ring (bicyclic) bond motifs is 1. The molecule has 2 aliphatic heterocycles. The Bertz CT molecular complexity index is 457. The van der Waals surface area contributed by atoms with Gasteiger partial charge in [0.25, 0.3) is 0 Å². The van der Waals surface area contributed by atoms with Crippen molar-refractivity contribution in [2.45, 2.75) is 37.8 Å². The molecule has 2 N–H and O–H groups in total. The molecule has 0 saturated carbocycles. The van der Waals surface area contributed by atoms with Crippen LogP contribution >= 0.6 is 0 Å². The molecule has 1 unspecified atom stereocenters. The number of hydrogen-bond donors (Lipinski definition) is 2. The lowest BCUT2D eigenvalue weighted by atomic mass is 9.81. The zero-order valence-corrected chi connectivity index (χ0v) is 11.3. The fourth-order valence-electron chi connectivity index (χ4n) is 3.26. The van der Waals surface area contributed by atoms with E-state index in [0.717, 1.165) is 50.2 Å². The van der Waals surface area contributed by atoms with Gasteiger partial charge in [-0.1, -0.05) is 6.92 Å². The van der Waals surface area contributed by atoms with Crippen LogP contribution in [0.2, 0.25) is 0 Å². The van der Waals surface area contributed by atoms with Crippen molar-refractivity contribution in [3.8, 4) is 5.75 Å². The van der Waals surface area contributed by atoms with E-state index in [0.29, 0.717) is 0 Å². The molecular formula is C15H21FN2O. The first-order valence-electron chi connectivity index (χ1n) is 7.15. The van der Waals surface area contributed by atoms with Crippen LogP contribution in [0.15, 0.2) is 18.2 Å². The van der Waals surface area contributed by atoms with Crippen molar-refractivity contribution in [2.24, 2.45) is 0 Å². The summed E-state index contributed by atoms with van der Waals surface area (Å²) in [6.45, 7) is 4.96. The molecule has 3 rings (SSSR count). The molecule has 1 spiro atoms. The second-order valence-corrected chi connectivity index (χ2v) is 5.53. The molecule has 1 atom stereocenters. The Labute approximate surface area is 113 Å². The molecule has 0 radical (unpaired) electrons. The highest BCUT2D eigenvalue weighted by Crippen LogP contribution is 2.43. The molecule has 1 aromatic carbocycles. The second kappa shape index (κ2) is 5.10. The lowest BCUT2D eigenvalue weighted by Gasteiger charge is -2.44. The van der Waals surface area contributed by atoms with Gasteiger partial charge in [0.05, 0.1) is 0 Å². The van der Waals surface area contributed by atoms with Crippen LogP contribution < -0.4 is 15.4 Å². The summed E-state index contributed by atoms with van der Waals surface area (Å²) in [5.41, 5.74) is 0.883. The third-order valence-corrected chi connectivity index (χ3v) is 4.22. The van der Waals surface area contributed by atoms with E-state index < -0.39 is 0 Å². The molecule has 19 heavy (non-hydrogen) atoms. The summed E-state index contributed by atoms with van der Waals surface area (Å²) in [5, 5.41) is 6.85. The van der Waals surface area contributed by atoms with E-state index in [-0.39, 0.29) is 17.5 Å². The summed E-state index contributed by atoms with van der Waals surface area (Å²) >= 11 is 0. The number of ether oxygens (including phenoxy) is 1. The highest BCUT2D eigenvalue weighted by Gasteiger charge is 2.41. The van der Waals surface area contributed by atoms with Gasteiger partial charge in [0.2, 0.25) is 0 Å². The third-order valence-electron chi connectivity index (χ3n) is 4.22. The average molecular weight is 264 g/mol. The van der Waals surface area contributed by atoms with E-state index in [4.69, 9.17) is 4.74 Å². The van der Waals surface area contributed by atoms with Crippen molar-refractivity contribution >= 4 is 0 Å². The first-order chi connectivity index (χ1) is 9.22. The Morgan fingerprint density at radius 3 is 2.95 bits per heavy atom. The minimum absolute atomic E-state index is 0.0804. The van der Waals surface area contributed by atoms with Crippen LogP contribution in [-0.4, -0.2) is 25.2 Å². The SMILES string of the molecule is CCNC1CC2(CCNCC2)Oc2ccc(F)cc21. The van der Waals surface area contributed by atoms with E-state index in [2.05, 4.69) is 17.6 Å². The topological polar surface area (TPSA) is 33.3 Å². The molecule has 2 aliphatic rings. The molecule has 0 aromatic heterocycles. The molecule has 0 aliphatic carbocycles. The third kappa shape index (κ3) is 2.47. The fourth-order valence-corrected chi connectivity index (χ4v) is 3.26. The van der Waals surface area contributed by atoms with Gasteiger partial charge in [0.1, 0.15) is 17.2 Å². The van der Waals surface area contributed by atoms with Crippen LogP contribution in [0.25, 0.3) is 0 Å². The van der Waals surface area contributed by atoms with E-state index in [1.165, 1.54) is 6.07 Å². The minimum atomic E-state index is -0.188. The Kier molecular flexibility index (Phi) is 3.46. The number of rotatable bonds is 2. The molecule has 4 heteroatoms. The standard InChI is InChI=1S/C15H21FN2O/c1-2-18-13-10-15(5-7-17-8-6-15)19-14-4-3-11(16)9-12(13)14/h3-4,9,13,17-18H,2,5-8,10H2,1H3. The van der Waals surface area contributed by atoms with Gasteiger partial charge in [-0.05, 0) is 50.7 Å². The molecule has 3 nitrogen and oxygen atoms in total. The minimum Gasteiger partial charge on any atom is -0.487 e. The van der Waals surface area contributed by atoms with Gasteiger partial charge < -0.3 is 15.4 Å². The maximum atomic E-state index is 13.4. The first-order valence-corrected chi connectivity index (χ1v) is 7.15. The zero-order valence-electron chi connectivity index (χ0n) is 11.3. The van der Waals surface area contributed by atoms with Crippen molar-refractivity contribution < 1.29 is 9.13 Å². The van der Waals surface area contributed by atoms with Crippen LogP contribution in [0.5, 0.6) is 5.75 Å². The zero-order chi connectivity index (χ0) is 13.3. The molecule has 2 heterocycles. The number of benzene rings is 1. The van der Waals surface area contributed by atoms with Crippen LogP contribution in [0.1, 0.15) is 37.8 Å². The maximum Gasteiger partial charge on any atom is 0.125 e. The van der Waals surface area contributed by atoms with E-state index in [9.17, 15) is 4.39 Å². The van der Waals surface area contributed by atoms with Gasteiger partial charge in [-0.3, -0.25) is 0 Å². The average Bonchev–Trinajstić information content (AvgIpc) is 2.41. The highest BCUT2D eigenvalue weighted by atomic mass is 19.1. The quantitative estimate of drug-likeness (QED) is 0.860. The summed E-state index contributed by atoms with van der Waals surface area (Å²) in [6, 6.07) is 5.07. The molecule has 104 valence electrons. The van der Waals surface area contributed by atoms with Crippen LogP contribution in [0.3, 0.4) is 0 Å². The molecule has 1 aromatic rings. The largest absolute Gasteiger partial charge is 0.487 e. The highest BCUT2D eigenvalue weighted by molar-refractivity contribution is 5.39. The van der Waals surface area contributed by atoms with E-state index in [1.54, 1.807) is 12.1 Å². The molecule has 1 fully saturated rings. The van der Waals surface area contributed by atoms with Crippen molar-refractivity contribution in [2.75, 3.05) is 19.6 Å². The van der Waals surface area contributed by atoms with Crippen molar-refractivity contribution in [3.63, 3.8) is 0 Å². The predicted molar refractivity (Wildman–Crippen MR) is 72.9 cm³/mol. The summed E-state index contributed by atoms with van der Waals surface area (Å²) in [4.78, 5) is 0. The van der Waals surface area contributed by atoms with Crippen LogP contribution in [0, 0.1) is 5.82 Å². The lowest BCUT2D eigenvalue weighted by molar-refractivity contribution is 0.00323. The van der Waals surface area contributed by atoms with Crippen molar-refractivity contribution in [1.29, 1.82) is 0 Å². The number of halogens is 1.